The zero-order chi connectivity index (χ0) is 20.4. The molecule has 1 aliphatic rings. The van der Waals surface area contributed by atoms with E-state index in [9.17, 15) is 14.3 Å². The van der Waals surface area contributed by atoms with Gasteiger partial charge in [-0.15, -0.1) is 0 Å². The highest BCUT2D eigenvalue weighted by molar-refractivity contribution is 5.69. The van der Waals surface area contributed by atoms with Crippen molar-refractivity contribution in [2.75, 3.05) is 26.3 Å². The van der Waals surface area contributed by atoms with Gasteiger partial charge in [-0.2, -0.15) is 0 Å². The summed E-state index contributed by atoms with van der Waals surface area (Å²) in [6, 6.07) is 4.43. The van der Waals surface area contributed by atoms with Crippen LogP contribution in [0.1, 0.15) is 40.2 Å². The fourth-order valence-corrected chi connectivity index (χ4v) is 3.14. The van der Waals surface area contributed by atoms with Gasteiger partial charge in [0.15, 0.2) is 0 Å². The second-order valence-electron chi connectivity index (χ2n) is 8.63. The number of rotatable bonds is 5. The first-order valence-corrected chi connectivity index (χ1v) is 9.26. The zero-order valence-corrected chi connectivity index (χ0v) is 16.8. The number of amides is 1. The second-order valence-corrected chi connectivity index (χ2v) is 8.63. The first kappa shape index (κ1) is 21.4. The summed E-state index contributed by atoms with van der Waals surface area (Å²) >= 11 is 0. The maximum Gasteiger partial charge on any atom is 0.410 e. The third-order valence-electron chi connectivity index (χ3n) is 4.52. The summed E-state index contributed by atoms with van der Waals surface area (Å²) < 4.78 is 25.7. The lowest BCUT2D eigenvalue weighted by molar-refractivity contribution is 0.0279. The molecule has 2 atom stereocenters. The molecule has 3 N–H and O–H groups in total. The van der Waals surface area contributed by atoms with E-state index < -0.39 is 29.0 Å². The van der Waals surface area contributed by atoms with Crippen LogP contribution in [0.25, 0.3) is 0 Å². The smallest absolute Gasteiger partial charge is 0.410 e. The van der Waals surface area contributed by atoms with Crippen molar-refractivity contribution in [2.24, 2.45) is 17.6 Å². The van der Waals surface area contributed by atoms with E-state index >= 15 is 0 Å². The Hall–Kier alpha value is -1.86. The van der Waals surface area contributed by atoms with Gasteiger partial charge in [0.2, 0.25) is 0 Å². The molecule has 0 bridgehead atoms. The first-order valence-electron chi connectivity index (χ1n) is 9.26. The van der Waals surface area contributed by atoms with Crippen LogP contribution in [0.3, 0.4) is 0 Å². The van der Waals surface area contributed by atoms with E-state index in [-0.39, 0.29) is 25.3 Å². The van der Waals surface area contributed by atoms with Crippen LogP contribution in [0.15, 0.2) is 18.2 Å². The lowest BCUT2D eigenvalue weighted by Crippen LogP contribution is -2.47. The highest BCUT2D eigenvalue weighted by atomic mass is 19.1. The maximum absolute atomic E-state index is 14.6. The van der Waals surface area contributed by atoms with Crippen LogP contribution >= 0.6 is 0 Å². The van der Waals surface area contributed by atoms with Gasteiger partial charge in [-0.05, 0) is 44.9 Å². The molecule has 0 unspecified atom stereocenters. The Balaban J connectivity index is 2.29. The Morgan fingerprint density at radius 1 is 1.44 bits per heavy atom. The Morgan fingerprint density at radius 3 is 2.67 bits per heavy atom. The molecule has 1 fully saturated rings. The van der Waals surface area contributed by atoms with Crippen molar-refractivity contribution >= 4 is 6.09 Å². The topological polar surface area (TPSA) is 85.0 Å². The molecule has 0 aromatic heterocycles. The minimum Gasteiger partial charge on any atom is -0.493 e. The molecule has 0 spiro atoms. The van der Waals surface area contributed by atoms with Crippen molar-refractivity contribution in [3.8, 4) is 5.75 Å². The predicted octanol–water partition coefficient (Wildman–Crippen LogP) is 2.87. The standard InChI is InChI=1S/C20H31FN2O4/c1-13(2)11-26-15-6-7-17(21)16(8-15)20(22)12-23(9-14(20)10-24)18(25)27-19(3,4)5/h6-8,13-14,24H,9-12,22H2,1-5H3/t14-,20-/m0/s1. The molecule has 152 valence electrons. The van der Waals surface area contributed by atoms with Crippen LogP contribution < -0.4 is 10.5 Å². The van der Waals surface area contributed by atoms with Gasteiger partial charge >= 0.3 is 6.09 Å². The Morgan fingerprint density at radius 2 is 2.11 bits per heavy atom. The third-order valence-corrected chi connectivity index (χ3v) is 4.52. The van der Waals surface area contributed by atoms with Crippen LogP contribution in [0.5, 0.6) is 5.75 Å². The summed E-state index contributed by atoms with van der Waals surface area (Å²) in [5.41, 5.74) is 4.90. The highest BCUT2D eigenvalue weighted by Crippen LogP contribution is 2.38. The molecule has 6 nitrogen and oxygen atoms in total. The van der Waals surface area contributed by atoms with E-state index in [4.69, 9.17) is 15.2 Å². The molecule has 2 rings (SSSR count). The predicted molar refractivity (Wildman–Crippen MR) is 101 cm³/mol. The van der Waals surface area contributed by atoms with E-state index in [1.165, 1.54) is 11.0 Å². The molecule has 1 aliphatic heterocycles. The lowest BCUT2D eigenvalue weighted by Gasteiger charge is -2.30. The quantitative estimate of drug-likeness (QED) is 0.818. The summed E-state index contributed by atoms with van der Waals surface area (Å²) in [4.78, 5) is 13.8. The molecule has 1 aromatic carbocycles. The minimum atomic E-state index is -1.23. The number of carbonyl (C=O) groups excluding carboxylic acids is 1. The number of carbonyl (C=O) groups is 1. The number of ether oxygens (including phenoxy) is 2. The molecule has 0 radical (unpaired) electrons. The number of nitrogens with zero attached hydrogens (tertiary/aromatic N) is 1. The largest absolute Gasteiger partial charge is 0.493 e. The molecule has 1 saturated heterocycles. The third kappa shape index (κ3) is 5.11. The molecule has 1 heterocycles. The maximum atomic E-state index is 14.6. The van der Waals surface area contributed by atoms with Gasteiger partial charge in [0.1, 0.15) is 17.2 Å². The van der Waals surface area contributed by atoms with Crippen LogP contribution in [0.4, 0.5) is 9.18 Å². The normalized spacial score (nSPS) is 23.0. The number of hydrogen-bond acceptors (Lipinski definition) is 5. The SMILES string of the molecule is CC(C)COc1ccc(F)c([C@]2(N)CN(C(=O)OC(C)(C)C)C[C@H]2CO)c1. The average molecular weight is 382 g/mol. The van der Waals surface area contributed by atoms with Gasteiger partial charge in [-0.25, -0.2) is 9.18 Å². The first-order chi connectivity index (χ1) is 12.5. The molecule has 27 heavy (non-hydrogen) atoms. The van der Waals surface area contributed by atoms with E-state index in [0.29, 0.717) is 18.3 Å². The Bertz CT molecular complexity index is 674. The van der Waals surface area contributed by atoms with Gasteiger partial charge in [0, 0.05) is 31.2 Å². The minimum absolute atomic E-state index is 0.0533. The van der Waals surface area contributed by atoms with Crippen molar-refractivity contribution in [3.63, 3.8) is 0 Å². The van der Waals surface area contributed by atoms with Gasteiger partial charge in [-0.1, -0.05) is 13.8 Å². The number of halogens is 1. The number of aliphatic hydroxyl groups is 1. The summed E-state index contributed by atoms with van der Waals surface area (Å²) in [7, 11) is 0. The molecular weight excluding hydrogens is 351 g/mol. The average Bonchev–Trinajstić information content (AvgIpc) is 2.90. The summed E-state index contributed by atoms with van der Waals surface area (Å²) in [5.74, 6) is -0.166. The Kier molecular flexibility index (Phi) is 6.37. The Labute approximate surface area is 160 Å². The van der Waals surface area contributed by atoms with Gasteiger partial charge in [-0.3, -0.25) is 0 Å². The monoisotopic (exact) mass is 382 g/mol. The highest BCUT2D eigenvalue weighted by Gasteiger charge is 2.48. The van der Waals surface area contributed by atoms with Crippen LogP contribution in [0.2, 0.25) is 0 Å². The number of benzene rings is 1. The summed E-state index contributed by atoms with van der Waals surface area (Å²) in [6.45, 7) is 9.83. The van der Waals surface area contributed by atoms with Gasteiger partial charge < -0.3 is 25.2 Å². The summed E-state index contributed by atoms with van der Waals surface area (Å²) in [5, 5.41) is 9.82. The van der Waals surface area contributed by atoms with Crippen LogP contribution in [-0.2, 0) is 10.3 Å². The van der Waals surface area contributed by atoms with Gasteiger partial charge in [0.25, 0.3) is 0 Å². The molecule has 0 saturated carbocycles. The molecule has 0 aliphatic carbocycles. The number of nitrogens with two attached hydrogens (primary N) is 1. The number of hydrogen-bond donors (Lipinski definition) is 2. The zero-order valence-electron chi connectivity index (χ0n) is 16.8. The molecular formula is C20H31FN2O4. The lowest BCUT2D eigenvalue weighted by atomic mass is 9.81. The summed E-state index contributed by atoms with van der Waals surface area (Å²) in [6.07, 6.45) is -0.527. The van der Waals surface area contributed by atoms with Crippen molar-refractivity contribution in [1.82, 2.24) is 4.90 Å². The number of aliphatic hydroxyl groups excluding tert-OH is 1. The van der Waals surface area contributed by atoms with Gasteiger partial charge in [0.05, 0.1) is 12.1 Å². The van der Waals surface area contributed by atoms with Crippen LogP contribution in [0, 0.1) is 17.7 Å². The van der Waals surface area contributed by atoms with E-state index in [2.05, 4.69) is 0 Å². The van der Waals surface area contributed by atoms with E-state index in [0.717, 1.165) is 0 Å². The van der Waals surface area contributed by atoms with Crippen molar-refractivity contribution < 1.29 is 23.8 Å². The van der Waals surface area contributed by atoms with Crippen LogP contribution in [-0.4, -0.2) is 48.0 Å². The molecule has 1 amide bonds. The number of likely N-dealkylation sites (tertiary alicyclic amines) is 1. The van der Waals surface area contributed by atoms with Crippen molar-refractivity contribution in [3.05, 3.63) is 29.6 Å². The second kappa shape index (κ2) is 8.02. The van der Waals surface area contributed by atoms with Crippen molar-refractivity contribution in [2.45, 2.75) is 45.8 Å². The fourth-order valence-electron chi connectivity index (χ4n) is 3.14. The van der Waals surface area contributed by atoms with E-state index in [1.807, 2.05) is 13.8 Å². The fraction of sp³-hybridized carbons (Fsp3) is 0.650. The van der Waals surface area contributed by atoms with Crippen molar-refractivity contribution in [1.29, 1.82) is 0 Å². The molecule has 7 heteroatoms. The molecule has 1 aromatic rings. The van der Waals surface area contributed by atoms with E-state index in [1.54, 1.807) is 32.9 Å².